The zero-order valence-corrected chi connectivity index (χ0v) is 9.72. The van der Waals surface area contributed by atoms with Crippen LogP contribution >= 0.6 is 11.6 Å². The summed E-state index contributed by atoms with van der Waals surface area (Å²) in [6.07, 6.45) is 0.996. The summed E-state index contributed by atoms with van der Waals surface area (Å²) in [4.78, 5) is 0. The molecule has 0 bridgehead atoms. The summed E-state index contributed by atoms with van der Waals surface area (Å²) >= 11 is 6.11. The van der Waals surface area contributed by atoms with Gasteiger partial charge in [0.05, 0.1) is 0 Å². The van der Waals surface area contributed by atoms with Crippen LogP contribution in [0.15, 0.2) is 24.3 Å². The van der Waals surface area contributed by atoms with E-state index in [9.17, 15) is 0 Å². The smallest absolute Gasteiger partial charge is 0.0438 e. The van der Waals surface area contributed by atoms with Gasteiger partial charge in [-0.15, -0.1) is 0 Å². The lowest BCUT2D eigenvalue weighted by Gasteiger charge is -2.31. The molecule has 1 atom stereocenters. The first-order valence-corrected chi connectivity index (χ1v) is 5.83. The number of benzene rings is 1. The molecule has 2 nitrogen and oxygen atoms in total. The first-order chi connectivity index (χ1) is 7.25. The summed E-state index contributed by atoms with van der Waals surface area (Å²) in [5, 5.41) is 7.70. The third-order valence-electron chi connectivity index (χ3n) is 2.79. The molecule has 1 fully saturated rings. The van der Waals surface area contributed by atoms with Gasteiger partial charge in [-0.05, 0) is 25.0 Å². The highest BCUT2D eigenvalue weighted by molar-refractivity contribution is 6.31. The Bertz CT molecular complexity index is 323. The van der Waals surface area contributed by atoms with E-state index < -0.39 is 0 Å². The van der Waals surface area contributed by atoms with Crippen LogP contribution < -0.4 is 10.6 Å². The van der Waals surface area contributed by atoms with Crippen LogP contribution in [0.4, 0.5) is 0 Å². The van der Waals surface area contributed by atoms with Crippen LogP contribution in [-0.4, -0.2) is 25.2 Å². The van der Waals surface area contributed by atoms with Gasteiger partial charge in [-0.2, -0.15) is 0 Å². The van der Waals surface area contributed by atoms with Crippen molar-refractivity contribution in [1.82, 2.24) is 10.6 Å². The van der Waals surface area contributed by atoms with Gasteiger partial charge < -0.3 is 10.6 Å². The zero-order chi connectivity index (χ0) is 10.7. The Hall–Kier alpha value is -0.570. The molecule has 1 unspecified atom stereocenters. The third kappa shape index (κ3) is 2.94. The Morgan fingerprint density at radius 1 is 1.47 bits per heavy atom. The predicted molar refractivity (Wildman–Crippen MR) is 64.4 cm³/mol. The van der Waals surface area contributed by atoms with Crippen LogP contribution in [0.2, 0.25) is 5.02 Å². The molecule has 2 N–H and O–H groups in total. The Kier molecular flexibility index (Phi) is 3.62. The van der Waals surface area contributed by atoms with Crippen molar-refractivity contribution in [2.45, 2.75) is 25.4 Å². The second-order valence-electron chi connectivity index (χ2n) is 4.22. The van der Waals surface area contributed by atoms with Gasteiger partial charge in [-0.1, -0.05) is 29.8 Å². The van der Waals surface area contributed by atoms with Crippen LogP contribution in [0.3, 0.4) is 0 Å². The van der Waals surface area contributed by atoms with Crippen molar-refractivity contribution in [2.24, 2.45) is 0 Å². The highest BCUT2D eigenvalue weighted by Crippen LogP contribution is 2.16. The van der Waals surface area contributed by atoms with E-state index in [1.165, 1.54) is 5.56 Å². The molecule has 1 aliphatic rings. The minimum atomic E-state index is 0.483. The van der Waals surface area contributed by atoms with Gasteiger partial charge in [0.1, 0.15) is 0 Å². The summed E-state index contributed by atoms with van der Waals surface area (Å²) in [5.74, 6) is 0. The maximum absolute atomic E-state index is 6.11. The van der Waals surface area contributed by atoms with Crippen LogP contribution in [0.5, 0.6) is 0 Å². The van der Waals surface area contributed by atoms with Gasteiger partial charge in [0.25, 0.3) is 0 Å². The first-order valence-electron chi connectivity index (χ1n) is 5.46. The second kappa shape index (κ2) is 4.97. The van der Waals surface area contributed by atoms with Crippen molar-refractivity contribution in [3.63, 3.8) is 0 Å². The maximum Gasteiger partial charge on any atom is 0.0438 e. The average Bonchev–Trinajstić information content (AvgIpc) is 2.16. The van der Waals surface area contributed by atoms with E-state index in [1.54, 1.807) is 0 Å². The minimum Gasteiger partial charge on any atom is -0.314 e. The Labute approximate surface area is 96.0 Å². The van der Waals surface area contributed by atoms with Crippen molar-refractivity contribution in [3.8, 4) is 0 Å². The first kappa shape index (κ1) is 10.9. The molecule has 0 aliphatic carbocycles. The van der Waals surface area contributed by atoms with Gasteiger partial charge in [0.15, 0.2) is 0 Å². The fourth-order valence-electron chi connectivity index (χ4n) is 1.86. The largest absolute Gasteiger partial charge is 0.314 e. The Morgan fingerprint density at radius 3 is 2.80 bits per heavy atom. The van der Waals surface area contributed by atoms with Crippen molar-refractivity contribution in [3.05, 3.63) is 34.9 Å². The highest BCUT2D eigenvalue weighted by atomic mass is 35.5. The summed E-state index contributed by atoms with van der Waals surface area (Å²) in [6, 6.07) is 9.19. The zero-order valence-electron chi connectivity index (χ0n) is 8.96. The van der Waals surface area contributed by atoms with E-state index in [0.29, 0.717) is 12.1 Å². The normalized spacial score (nSPS) is 18.5. The topological polar surface area (TPSA) is 24.1 Å². The molecule has 2 rings (SSSR count). The Balaban J connectivity index is 1.87. The van der Waals surface area contributed by atoms with Crippen LogP contribution in [0.1, 0.15) is 12.5 Å². The van der Waals surface area contributed by atoms with Gasteiger partial charge >= 0.3 is 0 Å². The monoisotopic (exact) mass is 224 g/mol. The SMILES string of the molecule is CC(Cc1ccccc1Cl)NC1CNC1. The highest BCUT2D eigenvalue weighted by Gasteiger charge is 2.18. The van der Waals surface area contributed by atoms with Crippen molar-refractivity contribution < 1.29 is 0 Å². The molecule has 1 aromatic rings. The van der Waals surface area contributed by atoms with Crippen LogP contribution in [0, 0.1) is 0 Å². The molecular formula is C12H17ClN2. The molecule has 82 valence electrons. The summed E-state index contributed by atoms with van der Waals surface area (Å²) in [6.45, 7) is 4.39. The Morgan fingerprint density at radius 2 is 2.20 bits per heavy atom. The predicted octanol–water partition coefficient (Wildman–Crippen LogP) is 1.83. The molecule has 3 heteroatoms. The summed E-state index contributed by atoms with van der Waals surface area (Å²) in [5.41, 5.74) is 1.23. The van der Waals surface area contributed by atoms with E-state index in [1.807, 2.05) is 18.2 Å². The molecule has 1 aliphatic heterocycles. The minimum absolute atomic E-state index is 0.483. The van der Waals surface area contributed by atoms with E-state index >= 15 is 0 Å². The van der Waals surface area contributed by atoms with E-state index in [2.05, 4.69) is 23.6 Å². The van der Waals surface area contributed by atoms with Gasteiger partial charge in [0, 0.05) is 30.2 Å². The number of hydrogen-bond acceptors (Lipinski definition) is 2. The molecule has 1 saturated heterocycles. The lowest BCUT2D eigenvalue weighted by Crippen LogP contribution is -2.57. The van der Waals surface area contributed by atoms with E-state index in [-0.39, 0.29) is 0 Å². The molecule has 0 radical (unpaired) electrons. The average molecular weight is 225 g/mol. The van der Waals surface area contributed by atoms with Gasteiger partial charge in [-0.3, -0.25) is 0 Å². The molecule has 0 aromatic heterocycles. The van der Waals surface area contributed by atoms with Crippen LogP contribution in [-0.2, 0) is 6.42 Å². The molecule has 1 heterocycles. The molecule has 0 saturated carbocycles. The fourth-order valence-corrected chi connectivity index (χ4v) is 2.07. The second-order valence-corrected chi connectivity index (χ2v) is 4.63. The fraction of sp³-hybridized carbons (Fsp3) is 0.500. The van der Waals surface area contributed by atoms with E-state index in [4.69, 9.17) is 11.6 Å². The van der Waals surface area contributed by atoms with E-state index in [0.717, 1.165) is 24.5 Å². The number of nitrogens with one attached hydrogen (secondary N) is 2. The molecule has 0 amide bonds. The standard InChI is InChI=1S/C12H17ClN2/c1-9(15-11-7-14-8-11)6-10-4-2-3-5-12(10)13/h2-5,9,11,14-15H,6-8H2,1H3. The van der Waals surface area contributed by atoms with Crippen molar-refractivity contribution in [2.75, 3.05) is 13.1 Å². The molecule has 0 spiro atoms. The lowest BCUT2D eigenvalue weighted by molar-refractivity contribution is 0.334. The third-order valence-corrected chi connectivity index (χ3v) is 3.15. The van der Waals surface area contributed by atoms with Gasteiger partial charge in [-0.25, -0.2) is 0 Å². The van der Waals surface area contributed by atoms with Gasteiger partial charge in [0.2, 0.25) is 0 Å². The van der Waals surface area contributed by atoms with Crippen LogP contribution in [0.25, 0.3) is 0 Å². The lowest BCUT2D eigenvalue weighted by atomic mass is 10.0. The summed E-state index contributed by atoms with van der Waals surface area (Å²) in [7, 11) is 0. The number of halogens is 1. The van der Waals surface area contributed by atoms with Crippen molar-refractivity contribution in [1.29, 1.82) is 0 Å². The molecule has 1 aromatic carbocycles. The summed E-state index contributed by atoms with van der Waals surface area (Å²) < 4.78 is 0. The number of hydrogen-bond donors (Lipinski definition) is 2. The molecular weight excluding hydrogens is 208 g/mol. The number of rotatable bonds is 4. The molecule has 15 heavy (non-hydrogen) atoms. The quantitative estimate of drug-likeness (QED) is 0.816. The van der Waals surface area contributed by atoms with Crippen molar-refractivity contribution >= 4 is 11.6 Å². The maximum atomic E-state index is 6.11.